The number of aliphatic hydroxyl groups is 1. The normalized spacial score (nSPS) is 22.1. The lowest BCUT2D eigenvalue weighted by Crippen LogP contribution is -2.35. The fraction of sp³-hybridized carbons (Fsp3) is 0.650. The molecule has 0 fully saturated rings. The van der Waals surface area contributed by atoms with Crippen LogP contribution in [0, 0.1) is 5.41 Å². The largest absolute Gasteiger partial charge is 0.385 e. The van der Waals surface area contributed by atoms with Crippen molar-refractivity contribution in [1.29, 1.82) is 0 Å². The van der Waals surface area contributed by atoms with Crippen LogP contribution in [0.4, 0.5) is 0 Å². The summed E-state index contributed by atoms with van der Waals surface area (Å²) in [6.45, 7) is 9.60. The number of rotatable bonds is 8. The van der Waals surface area contributed by atoms with E-state index in [1.54, 1.807) is 13.0 Å². The topological polar surface area (TPSA) is 71.4 Å². The van der Waals surface area contributed by atoms with E-state index in [2.05, 4.69) is 6.92 Å². The Bertz CT molecular complexity index is 678. The van der Waals surface area contributed by atoms with E-state index in [4.69, 9.17) is 0 Å². The van der Waals surface area contributed by atoms with Crippen molar-refractivity contribution in [2.75, 3.05) is 11.5 Å². The molecule has 1 N–H and O–H groups in total. The number of aliphatic hydroxyl groups excluding tert-OH is 1. The first-order chi connectivity index (χ1) is 11.5. The molecule has 0 bridgehead atoms. The van der Waals surface area contributed by atoms with Gasteiger partial charge in [0.25, 0.3) is 0 Å². The predicted molar refractivity (Wildman–Crippen MR) is 103 cm³/mol. The standard InChI is InChI=1S/C20H32O4S/c1-6-7-8-12-25(23,24)14-15(2)10-9-11-17-16(3)19(22)18(21)13-20(17,4)5/h9-11,18,21H,6-8,12-14H2,1-5H3. The van der Waals surface area contributed by atoms with Gasteiger partial charge in [0.2, 0.25) is 0 Å². The molecule has 4 nitrogen and oxygen atoms in total. The molecule has 0 amide bonds. The summed E-state index contributed by atoms with van der Waals surface area (Å²) >= 11 is 0. The summed E-state index contributed by atoms with van der Waals surface area (Å²) in [5.41, 5.74) is 1.98. The van der Waals surface area contributed by atoms with Crippen molar-refractivity contribution in [3.05, 3.63) is 34.9 Å². The fourth-order valence-corrected chi connectivity index (χ4v) is 4.85. The maximum absolute atomic E-state index is 12.1. The van der Waals surface area contributed by atoms with Crippen molar-refractivity contribution < 1.29 is 18.3 Å². The summed E-state index contributed by atoms with van der Waals surface area (Å²) in [5, 5.41) is 9.85. The Morgan fingerprint density at radius 1 is 1.32 bits per heavy atom. The van der Waals surface area contributed by atoms with Crippen molar-refractivity contribution in [1.82, 2.24) is 0 Å². The van der Waals surface area contributed by atoms with Crippen molar-refractivity contribution in [2.45, 2.75) is 66.4 Å². The Morgan fingerprint density at radius 3 is 2.56 bits per heavy atom. The van der Waals surface area contributed by atoms with Crippen molar-refractivity contribution in [2.24, 2.45) is 5.41 Å². The summed E-state index contributed by atoms with van der Waals surface area (Å²) in [6.07, 6.45) is 7.59. The zero-order valence-corrected chi connectivity index (χ0v) is 16.9. The molecule has 0 aromatic heterocycles. The number of carbonyl (C=O) groups is 1. The lowest BCUT2D eigenvalue weighted by Gasteiger charge is -2.34. The third kappa shape index (κ3) is 6.55. The van der Waals surface area contributed by atoms with Gasteiger partial charge in [-0.25, -0.2) is 8.42 Å². The van der Waals surface area contributed by atoms with Crippen LogP contribution in [0.5, 0.6) is 0 Å². The van der Waals surface area contributed by atoms with E-state index >= 15 is 0 Å². The summed E-state index contributed by atoms with van der Waals surface area (Å²) in [6, 6.07) is 0. The molecule has 1 atom stereocenters. The van der Waals surface area contributed by atoms with Crippen LogP contribution in [0.15, 0.2) is 34.9 Å². The SMILES string of the molecule is CCCCCS(=O)(=O)CC(C)=CC=CC1=C(C)C(=O)C(O)CC1(C)C. The van der Waals surface area contributed by atoms with Crippen LogP contribution in [0.25, 0.3) is 0 Å². The minimum absolute atomic E-state index is 0.0696. The molecule has 0 aromatic carbocycles. The molecule has 0 heterocycles. The van der Waals surface area contributed by atoms with Crippen LogP contribution in [0.2, 0.25) is 0 Å². The predicted octanol–water partition coefficient (Wildman–Crippen LogP) is 3.77. The minimum atomic E-state index is -3.06. The number of ketones is 1. The van der Waals surface area contributed by atoms with Crippen LogP contribution in [0.1, 0.15) is 60.3 Å². The third-order valence-corrected chi connectivity index (χ3v) is 6.47. The Labute approximate surface area is 152 Å². The van der Waals surface area contributed by atoms with Crippen LogP contribution < -0.4 is 0 Å². The molecule has 25 heavy (non-hydrogen) atoms. The molecule has 5 heteroatoms. The summed E-state index contributed by atoms with van der Waals surface area (Å²) in [7, 11) is -3.06. The first-order valence-corrected chi connectivity index (χ1v) is 10.8. The molecule has 1 rings (SSSR count). The number of sulfone groups is 1. The second-order valence-corrected chi connectivity index (χ2v) is 9.86. The van der Waals surface area contributed by atoms with Crippen LogP contribution in [-0.4, -0.2) is 36.9 Å². The summed E-state index contributed by atoms with van der Waals surface area (Å²) < 4.78 is 24.1. The van der Waals surface area contributed by atoms with Gasteiger partial charge in [0.05, 0.1) is 11.5 Å². The highest BCUT2D eigenvalue weighted by Gasteiger charge is 2.36. The minimum Gasteiger partial charge on any atom is -0.385 e. The van der Waals surface area contributed by atoms with E-state index in [1.165, 1.54) is 0 Å². The smallest absolute Gasteiger partial charge is 0.187 e. The summed E-state index contributed by atoms with van der Waals surface area (Å²) in [5.74, 6) is 0.0812. The maximum atomic E-state index is 12.1. The third-order valence-electron chi connectivity index (χ3n) is 4.66. The van der Waals surface area contributed by atoms with Crippen molar-refractivity contribution in [3.63, 3.8) is 0 Å². The van der Waals surface area contributed by atoms with Gasteiger partial charge in [0.15, 0.2) is 15.6 Å². The van der Waals surface area contributed by atoms with Crippen molar-refractivity contribution >= 4 is 15.6 Å². The quantitative estimate of drug-likeness (QED) is 0.523. The Balaban J connectivity index is 2.84. The summed E-state index contributed by atoms with van der Waals surface area (Å²) in [4.78, 5) is 12.0. The average Bonchev–Trinajstić information content (AvgIpc) is 2.47. The van der Waals surface area contributed by atoms with Gasteiger partial charge in [0.1, 0.15) is 6.10 Å². The number of unbranched alkanes of at least 4 members (excludes halogenated alkanes) is 2. The van der Waals surface area contributed by atoms with Crippen LogP contribution in [0.3, 0.4) is 0 Å². The molecule has 0 saturated carbocycles. The van der Waals surface area contributed by atoms with Gasteiger partial charge in [-0.05, 0) is 43.3 Å². The van der Waals surface area contributed by atoms with E-state index in [9.17, 15) is 18.3 Å². The fourth-order valence-electron chi connectivity index (χ4n) is 3.27. The second-order valence-electron chi connectivity index (χ2n) is 7.68. The van der Waals surface area contributed by atoms with E-state index in [1.807, 2.05) is 32.9 Å². The van der Waals surface area contributed by atoms with E-state index in [-0.39, 0.29) is 22.7 Å². The zero-order chi connectivity index (χ0) is 19.3. The lowest BCUT2D eigenvalue weighted by molar-refractivity contribution is -0.125. The number of Topliss-reactive ketones (excluding diaryl/α,β-unsaturated/α-hetero) is 1. The Kier molecular flexibility index (Phi) is 7.82. The Morgan fingerprint density at radius 2 is 1.96 bits per heavy atom. The molecule has 0 spiro atoms. The highest BCUT2D eigenvalue weighted by Crippen LogP contribution is 2.39. The first kappa shape index (κ1) is 21.8. The van der Waals surface area contributed by atoms with Gasteiger partial charge in [-0.2, -0.15) is 0 Å². The molecule has 0 saturated heterocycles. The molecule has 1 aliphatic rings. The molecule has 142 valence electrons. The van der Waals surface area contributed by atoms with Crippen molar-refractivity contribution in [3.8, 4) is 0 Å². The van der Waals surface area contributed by atoms with Gasteiger partial charge in [-0.3, -0.25) is 4.79 Å². The highest BCUT2D eigenvalue weighted by molar-refractivity contribution is 7.91. The molecule has 0 aromatic rings. The van der Waals surface area contributed by atoms with Crippen LogP contribution in [-0.2, 0) is 14.6 Å². The van der Waals surface area contributed by atoms with E-state index in [0.29, 0.717) is 18.4 Å². The molecule has 0 radical (unpaired) electrons. The van der Waals surface area contributed by atoms with E-state index < -0.39 is 15.9 Å². The zero-order valence-electron chi connectivity index (χ0n) is 16.1. The Hall–Kier alpha value is -1.20. The van der Waals surface area contributed by atoms with E-state index in [0.717, 1.165) is 24.0 Å². The molecule has 0 aliphatic heterocycles. The van der Waals surface area contributed by atoms with Gasteiger partial charge in [-0.15, -0.1) is 0 Å². The van der Waals surface area contributed by atoms with Gasteiger partial charge in [0, 0.05) is 0 Å². The second kappa shape index (κ2) is 8.95. The molecule has 1 aliphatic carbocycles. The molecule has 1 unspecified atom stereocenters. The lowest BCUT2D eigenvalue weighted by atomic mass is 9.71. The first-order valence-electron chi connectivity index (χ1n) is 8.98. The van der Waals surface area contributed by atoms with Gasteiger partial charge in [-0.1, -0.05) is 57.4 Å². The molecular formula is C20H32O4S. The van der Waals surface area contributed by atoms with Gasteiger partial charge < -0.3 is 5.11 Å². The average molecular weight is 369 g/mol. The van der Waals surface area contributed by atoms with Crippen LogP contribution >= 0.6 is 0 Å². The number of carbonyl (C=O) groups excluding carboxylic acids is 1. The number of hydrogen-bond acceptors (Lipinski definition) is 4. The monoisotopic (exact) mass is 368 g/mol. The number of hydrogen-bond donors (Lipinski definition) is 1. The molecular weight excluding hydrogens is 336 g/mol. The maximum Gasteiger partial charge on any atom is 0.187 e. The number of allylic oxidation sites excluding steroid dienone is 4. The highest BCUT2D eigenvalue weighted by atomic mass is 32.2. The van der Waals surface area contributed by atoms with Gasteiger partial charge >= 0.3 is 0 Å².